The van der Waals surface area contributed by atoms with Crippen LogP contribution in [0.5, 0.6) is 5.75 Å². The van der Waals surface area contributed by atoms with Crippen LogP contribution in [-0.2, 0) is 11.6 Å². The molecule has 0 bridgehead atoms. The molecule has 5 rings (SSSR count). The first-order valence-electron chi connectivity index (χ1n) is 10.5. The molecule has 6 heteroatoms. The summed E-state index contributed by atoms with van der Waals surface area (Å²) in [4.78, 5) is 4.23. The molecular formula is C26H25F3N2O. The lowest BCUT2D eigenvalue weighted by Gasteiger charge is -2.46. The van der Waals surface area contributed by atoms with E-state index < -0.39 is 17.5 Å². The molecule has 0 aliphatic carbocycles. The van der Waals surface area contributed by atoms with Gasteiger partial charge in [-0.2, -0.15) is 13.2 Å². The van der Waals surface area contributed by atoms with Crippen LogP contribution in [0.15, 0.2) is 54.6 Å². The van der Waals surface area contributed by atoms with Crippen LogP contribution < -0.4 is 14.5 Å². The highest BCUT2D eigenvalue weighted by Crippen LogP contribution is 2.55. The van der Waals surface area contributed by atoms with Gasteiger partial charge in [-0.3, -0.25) is 0 Å². The number of hydrogen-bond acceptors (Lipinski definition) is 3. The van der Waals surface area contributed by atoms with E-state index in [2.05, 4.69) is 41.8 Å². The molecule has 1 unspecified atom stereocenters. The van der Waals surface area contributed by atoms with Crippen LogP contribution in [0.2, 0.25) is 0 Å². The Morgan fingerprint density at radius 1 is 0.969 bits per heavy atom. The first-order valence-corrected chi connectivity index (χ1v) is 10.5. The molecule has 0 saturated heterocycles. The summed E-state index contributed by atoms with van der Waals surface area (Å²) in [5.41, 5.74) is 2.45. The Kier molecular flexibility index (Phi) is 4.17. The minimum atomic E-state index is -4.37. The van der Waals surface area contributed by atoms with E-state index in [0.29, 0.717) is 11.1 Å². The number of fused-ring (bicyclic) bond motifs is 4. The normalized spacial score (nSPS) is 20.9. The Labute approximate surface area is 185 Å². The summed E-state index contributed by atoms with van der Waals surface area (Å²) >= 11 is 0. The average Bonchev–Trinajstić information content (AvgIpc) is 2.90. The quantitative estimate of drug-likeness (QED) is 0.434. The third kappa shape index (κ3) is 2.68. The topological polar surface area (TPSA) is 15.7 Å². The standard InChI is InChI=1S/C26H25F3N2O/c1-24(2)21-15-18(30(3)4)8-10-22(21)31(5)25(24)13-12-20-19-9-7-17(26(27,28)29)14-16(19)6-11-23(20)32-25/h6-15H,1-5H3. The zero-order chi connectivity index (χ0) is 23.1. The maximum Gasteiger partial charge on any atom is 0.416 e. The summed E-state index contributed by atoms with van der Waals surface area (Å²) in [6.07, 6.45) is -0.332. The summed E-state index contributed by atoms with van der Waals surface area (Å²) < 4.78 is 46.1. The van der Waals surface area contributed by atoms with Crippen molar-refractivity contribution in [3.63, 3.8) is 0 Å². The van der Waals surface area contributed by atoms with Gasteiger partial charge in [0.2, 0.25) is 5.72 Å². The van der Waals surface area contributed by atoms with Gasteiger partial charge in [0.15, 0.2) is 0 Å². The number of benzene rings is 3. The zero-order valence-electron chi connectivity index (χ0n) is 18.7. The van der Waals surface area contributed by atoms with Crippen LogP contribution in [0.1, 0.15) is 30.5 Å². The second kappa shape index (κ2) is 6.44. The summed E-state index contributed by atoms with van der Waals surface area (Å²) in [5.74, 6) is 0.667. The molecule has 1 spiro atoms. The molecule has 1 atom stereocenters. The Morgan fingerprint density at radius 2 is 1.72 bits per heavy atom. The molecule has 32 heavy (non-hydrogen) atoms. The number of halogens is 3. The van der Waals surface area contributed by atoms with Gasteiger partial charge in [-0.1, -0.05) is 12.1 Å². The molecule has 0 N–H and O–H groups in total. The van der Waals surface area contributed by atoms with Crippen LogP contribution in [-0.4, -0.2) is 26.9 Å². The predicted molar refractivity (Wildman–Crippen MR) is 124 cm³/mol. The van der Waals surface area contributed by atoms with Gasteiger partial charge in [0, 0.05) is 38.1 Å². The smallest absolute Gasteiger partial charge is 0.416 e. The minimum Gasteiger partial charge on any atom is -0.463 e. The highest BCUT2D eigenvalue weighted by atomic mass is 19.4. The van der Waals surface area contributed by atoms with Crippen molar-refractivity contribution in [1.82, 2.24) is 0 Å². The monoisotopic (exact) mass is 438 g/mol. The molecule has 166 valence electrons. The van der Waals surface area contributed by atoms with Gasteiger partial charge in [-0.25, -0.2) is 0 Å². The van der Waals surface area contributed by atoms with Gasteiger partial charge in [-0.05, 0) is 78.7 Å². The summed E-state index contributed by atoms with van der Waals surface area (Å²) in [7, 11) is 6.06. The number of anilines is 2. The van der Waals surface area contributed by atoms with Gasteiger partial charge in [0.05, 0.1) is 11.0 Å². The molecule has 3 aromatic carbocycles. The molecule has 2 aliphatic rings. The molecule has 2 heterocycles. The number of hydrogen-bond donors (Lipinski definition) is 0. The molecule has 0 fully saturated rings. The largest absolute Gasteiger partial charge is 0.463 e. The highest BCUT2D eigenvalue weighted by Gasteiger charge is 2.57. The summed E-state index contributed by atoms with van der Waals surface area (Å²) in [6, 6.07) is 13.8. The molecule has 0 radical (unpaired) electrons. The Morgan fingerprint density at radius 3 is 2.41 bits per heavy atom. The molecule has 3 nitrogen and oxygen atoms in total. The molecule has 0 amide bonds. The van der Waals surface area contributed by atoms with Crippen LogP contribution >= 0.6 is 0 Å². The minimum absolute atomic E-state index is 0.369. The van der Waals surface area contributed by atoms with Crippen molar-refractivity contribution in [3.8, 4) is 5.75 Å². The highest BCUT2D eigenvalue weighted by molar-refractivity contribution is 5.94. The van der Waals surface area contributed by atoms with E-state index in [0.717, 1.165) is 28.4 Å². The first kappa shape index (κ1) is 20.7. The van der Waals surface area contributed by atoms with Crippen LogP contribution in [0.3, 0.4) is 0 Å². The fourth-order valence-corrected chi connectivity index (χ4v) is 5.07. The SMILES string of the molecule is CN(C)c1ccc2c(c1)C(C)(C)C1(C=Cc3c(ccc4cc(C(F)(F)F)ccc34)O1)N2C. The molecule has 0 aromatic heterocycles. The van der Waals surface area contributed by atoms with E-state index in [-0.39, 0.29) is 5.41 Å². The van der Waals surface area contributed by atoms with Crippen molar-refractivity contribution in [1.29, 1.82) is 0 Å². The van der Waals surface area contributed by atoms with Gasteiger partial charge in [-0.15, -0.1) is 0 Å². The summed E-state index contributed by atoms with van der Waals surface area (Å²) in [6.45, 7) is 4.33. The van der Waals surface area contributed by atoms with Crippen molar-refractivity contribution >= 4 is 28.2 Å². The fraction of sp³-hybridized carbons (Fsp3) is 0.308. The van der Waals surface area contributed by atoms with Gasteiger partial charge in [0.1, 0.15) is 5.75 Å². The van der Waals surface area contributed by atoms with Gasteiger partial charge >= 0.3 is 6.18 Å². The maximum absolute atomic E-state index is 13.1. The zero-order valence-corrected chi connectivity index (χ0v) is 18.7. The second-order valence-corrected chi connectivity index (χ2v) is 9.32. The molecule has 2 aliphatic heterocycles. The van der Waals surface area contributed by atoms with E-state index >= 15 is 0 Å². The second-order valence-electron chi connectivity index (χ2n) is 9.32. The number of rotatable bonds is 1. The third-order valence-corrected chi connectivity index (χ3v) is 7.02. The van der Waals surface area contributed by atoms with Crippen molar-refractivity contribution in [2.75, 3.05) is 30.9 Å². The Bertz CT molecular complexity index is 1280. The Hall–Kier alpha value is -3.15. The van der Waals surface area contributed by atoms with Crippen LogP contribution in [0.25, 0.3) is 16.8 Å². The fourth-order valence-electron chi connectivity index (χ4n) is 5.07. The van der Waals surface area contributed by atoms with Crippen LogP contribution in [0.4, 0.5) is 24.5 Å². The van der Waals surface area contributed by atoms with Gasteiger partial charge in [0.25, 0.3) is 0 Å². The average molecular weight is 438 g/mol. The van der Waals surface area contributed by atoms with E-state index in [1.807, 2.05) is 33.3 Å². The lowest BCUT2D eigenvalue weighted by molar-refractivity contribution is -0.137. The van der Waals surface area contributed by atoms with E-state index in [1.165, 1.54) is 17.7 Å². The van der Waals surface area contributed by atoms with Gasteiger partial charge < -0.3 is 14.5 Å². The number of alkyl halides is 3. The first-order chi connectivity index (χ1) is 15.0. The van der Waals surface area contributed by atoms with Crippen molar-refractivity contribution in [2.24, 2.45) is 0 Å². The molecular weight excluding hydrogens is 413 g/mol. The number of likely N-dealkylation sites (N-methyl/N-ethyl adjacent to an activating group) is 1. The molecule has 3 aromatic rings. The maximum atomic E-state index is 13.1. The predicted octanol–water partition coefficient (Wildman–Crippen LogP) is 6.45. The lowest BCUT2D eigenvalue weighted by atomic mass is 9.76. The third-order valence-electron chi connectivity index (χ3n) is 7.02. The van der Waals surface area contributed by atoms with Crippen molar-refractivity contribution < 1.29 is 17.9 Å². The Balaban J connectivity index is 1.62. The van der Waals surface area contributed by atoms with E-state index in [9.17, 15) is 13.2 Å². The lowest BCUT2D eigenvalue weighted by Crippen LogP contribution is -2.58. The van der Waals surface area contributed by atoms with Crippen LogP contribution in [0, 0.1) is 0 Å². The molecule has 0 saturated carbocycles. The van der Waals surface area contributed by atoms with Crippen molar-refractivity contribution in [3.05, 3.63) is 71.3 Å². The van der Waals surface area contributed by atoms with Crippen molar-refractivity contribution in [2.45, 2.75) is 31.2 Å². The summed E-state index contributed by atoms with van der Waals surface area (Å²) in [5, 5.41) is 1.29. The van der Waals surface area contributed by atoms with E-state index in [4.69, 9.17) is 4.74 Å². The number of ether oxygens (including phenoxy) is 1. The van der Waals surface area contributed by atoms with E-state index in [1.54, 1.807) is 12.1 Å². The number of nitrogens with zero attached hydrogens (tertiary/aromatic N) is 2.